The predicted octanol–water partition coefficient (Wildman–Crippen LogP) is 4.93. The van der Waals surface area contributed by atoms with Crippen molar-refractivity contribution in [1.29, 1.82) is 0 Å². The highest BCUT2D eigenvalue weighted by Gasteiger charge is 2.28. The topological polar surface area (TPSA) is 51.0 Å². The molecule has 162 valence electrons. The number of hydrogen-bond donors (Lipinski definition) is 0. The zero-order chi connectivity index (χ0) is 21.2. The van der Waals surface area contributed by atoms with Crippen LogP contribution in [0.1, 0.15) is 59.8 Å². The SMILES string of the molecule is O=C(CCCN1CCC(c2nnc3n2CCCc2cscc2-3)CC1)c1ccc(F)cc1. The van der Waals surface area contributed by atoms with Gasteiger partial charge < -0.3 is 9.47 Å². The molecule has 1 fully saturated rings. The first kappa shape index (κ1) is 20.5. The van der Waals surface area contributed by atoms with E-state index in [1.54, 1.807) is 23.5 Å². The van der Waals surface area contributed by atoms with Crippen LogP contribution < -0.4 is 0 Å². The first-order valence-corrected chi connectivity index (χ1v) is 12.1. The molecule has 1 saturated heterocycles. The molecule has 1 aromatic carbocycles. The molecule has 0 spiro atoms. The number of rotatable bonds is 6. The molecule has 4 heterocycles. The van der Waals surface area contributed by atoms with Crippen LogP contribution in [0.3, 0.4) is 0 Å². The lowest BCUT2D eigenvalue weighted by molar-refractivity contribution is 0.0972. The van der Waals surface area contributed by atoms with E-state index < -0.39 is 0 Å². The van der Waals surface area contributed by atoms with E-state index in [4.69, 9.17) is 0 Å². The molecule has 2 aliphatic rings. The molecule has 0 aliphatic carbocycles. The highest BCUT2D eigenvalue weighted by atomic mass is 32.1. The molecule has 2 aliphatic heterocycles. The van der Waals surface area contributed by atoms with Gasteiger partial charge in [-0.1, -0.05) is 0 Å². The lowest BCUT2D eigenvalue weighted by atomic mass is 9.95. The summed E-state index contributed by atoms with van der Waals surface area (Å²) in [5.74, 6) is 2.44. The van der Waals surface area contributed by atoms with Gasteiger partial charge >= 0.3 is 0 Å². The third-order valence-corrected chi connectivity index (χ3v) is 7.38. The second-order valence-corrected chi connectivity index (χ2v) is 9.34. The normalized spacial score (nSPS) is 17.2. The van der Waals surface area contributed by atoms with Crippen LogP contribution in [0.2, 0.25) is 0 Å². The quantitative estimate of drug-likeness (QED) is 0.512. The summed E-state index contributed by atoms with van der Waals surface area (Å²) in [5, 5.41) is 13.7. The number of hydrogen-bond acceptors (Lipinski definition) is 5. The Morgan fingerprint density at radius 1 is 1.10 bits per heavy atom. The van der Waals surface area contributed by atoms with Gasteiger partial charge in [-0.2, -0.15) is 11.3 Å². The van der Waals surface area contributed by atoms with E-state index in [1.807, 2.05) is 0 Å². The molecule has 0 N–H and O–H groups in total. The number of thiophene rings is 1. The molecule has 31 heavy (non-hydrogen) atoms. The number of halogens is 1. The fourth-order valence-electron chi connectivity index (χ4n) is 4.84. The molecule has 0 saturated carbocycles. The van der Waals surface area contributed by atoms with Gasteiger partial charge in [0, 0.05) is 35.4 Å². The Morgan fingerprint density at radius 2 is 1.90 bits per heavy atom. The zero-order valence-electron chi connectivity index (χ0n) is 17.6. The number of likely N-dealkylation sites (tertiary alicyclic amines) is 1. The van der Waals surface area contributed by atoms with E-state index in [0.717, 1.165) is 69.9 Å². The van der Waals surface area contributed by atoms with Crippen molar-refractivity contribution in [1.82, 2.24) is 19.7 Å². The number of piperidine rings is 1. The number of aromatic nitrogens is 3. The average molecular weight is 439 g/mol. The van der Waals surface area contributed by atoms with Crippen molar-refractivity contribution < 1.29 is 9.18 Å². The summed E-state index contributed by atoms with van der Waals surface area (Å²) in [6.45, 7) is 3.99. The molecular weight excluding hydrogens is 411 g/mol. The van der Waals surface area contributed by atoms with E-state index in [0.29, 0.717) is 17.9 Å². The number of carbonyl (C=O) groups is 1. The molecule has 0 unspecified atom stereocenters. The Kier molecular flexibility index (Phi) is 5.96. The van der Waals surface area contributed by atoms with Crippen molar-refractivity contribution in [3.05, 3.63) is 57.8 Å². The van der Waals surface area contributed by atoms with E-state index >= 15 is 0 Å². The molecule has 0 radical (unpaired) electrons. The zero-order valence-corrected chi connectivity index (χ0v) is 18.4. The number of nitrogens with zero attached hydrogens (tertiary/aromatic N) is 4. The van der Waals surface area contributed by atoms with Gasteiger partial charge in [0.25, 0.3) is 0 Å². The van der Waals surface area contributed by atoms with Crippen LogP contribution >= 0.6 is 11.3 Å². The van der Waals surface area contributed by atoms with Gasteiger partial charge in [0.2, 0.25) is 0 Å². The molecule has 5 nitrogen and oxygen atoms in total. The fourth-order valence-corrected chi connectivity index (χ4v) is 5.71. The number of fused-ring (bicyclic) bond motifs is 3. The summed E-state index contributed by atoms with van der Waals surface area (Å²) in [6, 6.07) is 5.85. The Hall–Kier alpha value is -2.38. The number of ketones is 1. The van der Waals surface area contributed by atoms with Crippen molar-refractivity contribution in [2.45, 2.75) is 51.0 Å². The van der Waals surface area contributed by atoms with Gasteiger partial charge in [-0.25, -0.2) is 4.39 Å². The predicted molar refractivity (Wildman–Crippen MR) is 120 cm³/mol. The summed E-state index contributed by atoms with van der Waals surface area (Å²) >= 11 is 1.75. The van der Waals surface area contributed by atoms with Gasteiger partial charge in [-0.15, -0.1) is 10.2 Å². The van der Waals surface area contributed by atoms with Crippen LogP contribution in [0.15, 0.2) is 35.0 Å². The lowest BCUT2D eigenvalue weighted by Crippen LogP contribution is -2.34. The van der Waals surface area contributed by atoms with Crippen LogP contribution in [-0.2, 0) is 13.0 Å². The molecule has 2 aromatic heterocycles. The molecule has 7 heteroatoms. The van der Waals surface area contributed by atoms with Crippen molar-refractivity contribution >= 4 is 17.1 Å². The van der Waals surface area contributed by atoms with E-state index in [1.165, 1.54) is 23.3 Å². The number of benzene rings is 1. The molecule has 5 rings (SSSR count). The Balaban J connectivity index is 1.14. The van der Waals surface area contributed by atoms with E-state index in [-0.39, 0.29) is 11.6 Å². The van der Waals surface area contributed by atoms with Crippen LogP contribution in [0.4, 0.5) is 4.39 Å². The maximum absolute atomic E-state index is 13.0. The summed E-state index contributed by atoms with van der Waals surface area (Å²) in [4.78, 5) is 14.7. The summed E-state index contributed by atoms with van der Waals surface area (Å²) in [5.41, 5.74) is 3.28. The number of carbonyl (C=O) groups excluding carboxylic acids is 1. The first-order chi connectivity index (χ1) is 15.2. The van der Waals surface area contributed by atoms with Gasteiger partial charge in [-0.05, 0) is 86.9 Å². The lowest BCUT2D eigenvalue weighted by Gasteiger charge is -2.31. The maximum Gasteiger partial charge on any atom is 0.165 e. The minimum absolute atomic E-state index is 0.0915. The van der Waals surface area contributed by atoms with Crippen LogP contribution in [0.25, 0.3) is 11.4 Å². The highest BCUT2D eigenvalue weighted by molar-refractivity contribution is 7.08. The maximum atomic E-state index is 13.0. The van der Waals surface area contributed by atoms with Gasteiger partial charge in [-0.3, -0.25) is 4.79 Å². The summed E-state index contributed by atoms with van der Waals surface area (Å²) < 4.78 is 15.4. The van der Waals surface area contributed by atoms with Crippen LogP contribution in [-0.4, -0.2) is 45.1 Å². The summed E-state index contributed by atoms with van der Waals surface area (Å²) in [7, 11) is 0. The number of aryl methyl sites for hydroxylation is 1. The van der Waals surface area contributed by atoms with Crippen molar-refractivity contribution in [2.75, 3.05) is 19.6 Å². The van der Waals surface area contributed by atoms with Crippen molar-refractivity contribution in [3.8, 4) is 11.4 Å². The second-order valence-electron chi connectivity index (χ2n) is 8.60. The largest absolute Gasteiger partial charge is 0.311 e. The molecule has 0 atom stereocenters. The van der Waals surface area contributed by atoms with Crippen molar-refractivity contribution in [2.24, 2.45) is 0 Å². The smallest absolute Gasteiger partial charge is 0.165 e. The van der Waals surface area contributed by atoms with E-state index in [2.05, 4.69) is 30.4 Å². The molecule has 0 amide bonds. The fraction of sp³-hybridized carbons (Fsp3) is 0.458. The van der Waals surface area contributed by atoms with Gasteiger partial charge in [0.1, 0.15) is 11.6 Å². The van der Waals surface area contributed by atoms with Crippen molar-refractivity contribution in [3.63, 3.8) is 0 Å². The molecule has 3 aromatic rings. The molecule has 0 bridgehead atoms. The Labute approximate surface area is 185 Å². The minimum atomic E-state index is -0.306. The second kappa shape index (κ2) is 9.01. The Bertz CT molecular complexity index is 1050. The van der Waals surface area contributed by atoms with Crippen LogP contribution in [0, 0.1) is 5.82 Å². The number of Topliss-reactive ketones (excluding diaryl/α,β-unsaturated/α-hetero) is 1. The third kappa shape index (κ3) is 4.34. The summed E-state index contributed by atoms with van der Waals surface area (Å²) in [6.07, 6.45) is 5.77. The standard InChI is InChI=1S/C24H27FN4OS/c25-20-7-5-17(6-8-20)22(30)4-2-11-28-13-9-18(10-14-28)23-26-27-24-21-16-31-15-19(21)3-1-12-29(23)24/h5-8,15-16,18H,1-4,9-14H2. The van der Waals surface area contributed by atoms with E-state index in [9.17, 15) is 9.18 Å². The minimum Gasteiger partial charge on any atom is -0.311 e. The third-order valence-electron chi connectivity index (χ3n) is 6.59. The highest BCUT2D eigenvalue weighted by Crippen LogP contribution is 2.34. The molecular formula is C24H27FN4OS. The monoisotopic (exact) mass is 438 g/mol. The average Bonchev–Trinajstić information content (AvgIpc) is 3.38. The van der Waals surface area contributed by atoms with Crippen LogP contribution in [0.5, 0.6) is 0 Å². The Morgan fingerprint density at radius 3 is 2.71 bits per heavy atom. The van der Waals surface area contributed by atoms with Gasteiger partial charge in [0.15, 0.2) is 11.6 Å². The van der Waals surface area contributed by atoms with Gasteiger partial charge in [0.05, 0.1) is 0 Å². The first-order valence-electron chi connectivity index (χ1n) is 11.2.